The first-order valence-electron chi connectivity index (χ1n) is 9.10. The van der Waals surface area contributed by atoms with Crippen LogP contribution in [-0.4, -0.2) is 49.5 Å². The Morgan fingerprint density at radius 2 is 2.00 bits per heavy atom. The molecular formula is C22H25FN2O2. The zero-order valence-electron chi connectivity index (χ0n) is 15.8. The minimum atomic E-state index is -0.412. The SMILES string of the molecule is COc1ccc(CN(C)C(=O)CN2CC=C(c3ccccc3)CC2)cc1F. The third kappa shape index (κ3) is 4.95. The van der Waals surface area contributed by atoms with Crippen molar-refractivity contribution in [2.75, 3.05) is 33.8 Å². The molecule has 142 valence electrons. The summed E-state index contributed by atoms with van der Waals surface area (Å²) < 4.78 is 18.7. The number of nitrogens with zero attached hydrogens (tertiary/aromatic N) is 2. The summed E-state index contributed by atoms with van der Waals surface area (Å²) in [6, 6.07) is 15.1. The fourth-order valence-corrected chi connectivity index (χ4v) is 3.25. The van der Waals surface area contributed by atoms with E-state index < -0.39 is 5.82 Å². The van der Waals surface area contributed by atoms with Gasteiger partial charge in [-0.1, -0.05) is 42.5 Å². The van der Waals surface area contributed by atoms with Gasteiger partial charge >= 0.3 is 0 Å². The third-order valence-corrected chi connectivity index (χ3v) is 4.86. The van der Waals surface area contributed by atoms with Crippen molar-refractivity contribution in [1.82, 2.24) is 9.80 Å². The average molecular weight is 368 g/mol. The fourth-order valence-electron chi connectivity index (χ4n) is 3.25. The smallest absolute Gasteiger partial charge is 0.236 e. The highest BCUT2D eigenvalue weighted by Gasteiger charge is 2.18. The van der Waals surface area contributed by atoms with Crippen molar-refractivity contribution < 1.29 is 13.9 Å². The van der Waals surface area contributed by atoms with Crippen molar-refractivity contribution in [1.29, 1.82) is 0 Å². The Balaban J connectivity index is 1.53. The normalized spacial score (nSPS) is 14.6. The number of ether oxygens (including phenoxy) is 1. The Labute approximate surface area is 159 Å². The first kappa shape index (κ1) is 19.1. The molecule has 0 aromatic heterocycles. The molecule has 2 aromatic rings. The van der Waals surface area contributed by atoms with Gasteiger partial charge in [0.05, 0.1) is 13.7 Å². The number of hydrogen-bond donors (Lipinski definition) is 0. The molecule has 0 saturated heterocycles. The van der Waals surface area contributed by atoms with E-state index in [0.717, 1.165) is 25.1 Å². The molecule has 0 spiro atoms. The highest BCUT2D eigenvalue weighted by Crippen LogP contribution is 2.22. The van der Waals surface area contributed by atoms with E-state index in [9.17, 15) is 9.18 Å². The molecule has 0 bridgehead atoms. The molecule has 0 unspecified atom stereocenters. The molecule has 1 aliphatic rings. The number of carbonyl (C=O) groups excluding carboxylic acids is 1. The first-order valence-corrected chi connectivity index (χ1v) is 9.10. The van der Waals surface area contributed by atoms with E-state index in [1.807, 2.05) is 18.2 Å². The molecule has 27 heavy (non-hydrogen) atoms. The molecule has 3 rings (SSSR count). The Bertz CT molecular complexity index is 820. The molecule has 2 aromatic carbocycles. The van der Waals surface area contributed by atoms with Crippen LogP contribution in [0.1, 0.15) is 17.5 Å². The zero-order valence-corrected chi connectivity index (χ0v) is 15.8. The maximum absolute atomic E-state index is 13.8. The number of halogens is 1. The van der Waals surface area contributed by atoms with Gasteiger partial charge in [-0.3, -0.25) is 9.69 Å². The summed E-state index contributed by atoms with van der Waals surface area (Å²) in [6.07, 6.45) is 3.13. The topological polar surface area (TPSA) is 32.8 Å². The minimum absolute atomic E-state index is 0.0304. The molecule has 0 aliphatic carbocycles. The Morgan fingerprint density at radius 1 is 1.22 bits per heavy atom. The molecule has 0 radical (unpaired) electrons. The summed E-state index contributed by atoms with van der Waals surface area (Å²) in [5.41, 5.74) is 3.33. The van der Waals surface area contributed by atoms with Crippen molar-refractivity contribution in [2.45, 2.75) is 13.0 Å². The van der Waals surface area contributed by atoms with Gasteiger partial charge in [0.25, 0.3) is 0 Å². The second-order valence-corrected chi connectivity index (χ2v) is 6.80. The van der Waals surface area contributed by atoms with E-state index in [4.69, 9.17) is 4.74 Å². The van der Waals surface area contributed by atoms with E-state index in [1.54, 1.807) is 24.1 Å². The van der Waals surface area contributed by atoms with Gasteiger partial charge in [-0.05, 0) is 35.3 Å². The molecule has 5 heteroatoms. The number of likely N-dealkylation sites (N-methyl/N-ethyl adjacent to an activating group) is 1. The predicted octanol–water partition coefficient (Wildman–Crippen LogP) is 3.58. The number of rotatable bonds is 6. The monoisotopic (exact) mass is 368 g/mol. The second-order valence-electron chi connectivity index (χ2n) is 6.80. The van der Waals surface area contributed by atoms with Crippen LogP contribution in [0.3, 0.4) is 0 Å². The van der Waals surface area contributed by atoms with Crippen LogP contribution in [0.5, 0.6) is 5.75 Å². The first-order chi connectivity index (χ1) is 13.1. The van der Waals surface area contributed by atoms with Crippen LogP contribution in [0.4, 0.5) is 4.39 Å². The summed E-state index contributed by atoms with van der Waals surface area (Å²) >= 11 is 0. The largest absolute Gasteiger partial charge is 0.494 e. The molecule has 0 N–H and O–H groups in total. The lowest BCUT2D eigenvalue weighted by Crippen LogP contribution is -2.39. The van der Waals surface area contributed by atoms with Crippen LogP contribution in [0.2, 0.25) is 0 Å². The quantitative estimate of drug-likeness (QED) is 0.781. The number of carbonyl (C=O) groups is 1. The van der Waals surface area contributed by atoms with Crippen LogP contribution >= 0.6 is 0 Å². The van der Waals surface area contributed by atoms with Gasteiger partial charge in [-0.2, -0.15) is 0 Å². The molecule has 1 aliphatic heterocycles. The molecule has 0 fully saturated rings. The maximum Gasteiger partial charge on any atom is 0.236 e. The van der Waals surface area contributed by atoms with E-state index in [-0.39, 0.29) is 11.7 Å². The minimum Gasteiger partial charge on any atom is -0.494 e. The summed E-state index contributed by atoms with van der Waals surface area (Å²) in [7, 11) is 3.18. The lowest BCUT2D eigenvalue weighted by atomic mass is 9.99. The van der Waals surface area contributed by atoms with E-state index in [1.165, 1.54) is 24.3 Å². The van der Waals surface area contributed by atoms with Gasteiger partial charge in [-0.25, -0.2) is 4.39 Å². The van der Waals surface area contributed by atoms with Crippen LogP contribution in [-0.2, 0) is 11.3 Å². The molecule has 1 heterocycles. The van der Waals surface area contributed by atoms with Crippen LogP contribution in [0.25, 0.3) is 5.57 Å². The number of amides is 1. The average Bonchev–Trinajstić information content (AvgIpc) is 2.69. The van der Waals surface area contributed by atoms with E-state index in [2.05, 4.69) is 23.1 Å². The van der Waals surface area contributed by atoms with Crippen LogP contribution in [0.15, 0.2) is 54.6 Å². The van der Waals surface area contributed by atoms with Crippen LogP contribution in [0, 0.1) is 5.82 Å². The van der Waals surface area contributed by atoms with Crippen molar-refractivity contribution in [3.8, 4) is 5.75 Å². The molecule has 1 amide bonds. The van der Waals surface area contributed by atoms with Gasteiger partial charge in [0.1, 0.15) is 0 Å². The molecule has 4 nitrogen and oxygen atoms in total. The molecule has 0 atom stereocenters. The standard InChI is InChI=1S/C22H25FN2O2/c1-24(15-17-8-9-21(27-2)20(23)14-17)22(26)16-25-12-10-19(11-13-25)18-6-4-3-5-7-18/h3-10,14H,11-13,15-16H2,1-2H3. The lowest BCUT2D eigenvalue weighted by Gasteiger charge is -2.28. The zero-order chi connectivity index (χ0) is 19.2. The lowest BCUT2D eigenvalue weighted by molar-refractivity contribution is -0.131. The van der Waals surface area contributed by atoms with Gasteiger partial charge in [-0.15, -0.1) is 0 Å². The van der Waals surface area contributed by atoms with E-state index in [0.29, 0.717) is 13.1 Å². The predicted molar refractivity (Wildman–Crippen MR) is 105 cm³/mol. The molecule has 0 saturated carbocycles. The fraction of sp³-hybridized carbons (Fsp3) is 0.318. The summed E-state index contributed by atoms with van der Waals surface area (Å²) in [5.74, 6) is -0.171. The maximum atomic E-state index is 13.8. The summed E-state index contributed by atoms with van der Waals surface area (Å²) in [6.45, 7) is 2.37. The van der Waals surface area contributed by atoms with Crippen LogP contribution < -0.4 is 4.74 Å². The van der Waals surface area contributed by atoms with Gasteiger partial charge < -0.3 is 9.64 Å². The van der Waals surface area contributed by atoms with Crippen molar-refractivity contribution in [2.24, 2.45) is 0 Å². The molecular weight excluding hydrogens is 343 g/mol. The number of methoxy groups -OCH3 is 1. The third-order valence-electron chi connectivity index (χ3n) is 4.86. The Morgan fingerprint density at radius 3 is 2.63 bits per heavy atom. The van der Waals surface area contributed by atoms with Gasteiger partial charge in [0.15, 0.2) is 11.6 Å². The van der Waals surface area contributed by atoms with Gasteiger partial charge in [0, 0.05) is 26.7 Å². The number of hydrogen-bond acceptors (Lipinski definition) is 3. The van der Waals surface area contributed by atoms with E-state index >= 15 is 0 Å². The van der Waals surface area contributed by atoms with Crippen molar-refractivity contribution in [3.63, 3.8) is 0 Å². The highest BCUT2D eigenvalue weighted by atomic mass is 19.1. The highest BCUT2D eigenvalue weighted by molar-refractivity contribution is 5.78. The summed E-state index contributed by atoms with van der Waals surface area (Å²) in [4.78, 5) is 16.3. The van der Waals surface area contributed by atoms with Crippen molar-refractivity contribution >= 4 is 11.5 Å². The Kier molecular flexibility index (Phi) is 6.24. The number of benzene rings is 2. The Hall–Kier alpha value is -2.66. The van der Waals surface area contributed by atoms with Crippen molar-refractivity contribution in [3.05, 3.63) is 71.6 Å². The summed E-state index contributed by atoms with van der Waals surface area (Å²) in [5, 5.41) is 0. The second kappa shape index (κ2) is 8.82. The van der Waals surface area contributed by atoms with Gasteiger partial charge in [0.2, 0.25) is 5.91 Å².